The van der Waals surface area contributed by atoms with E-state index in [1.54, 1.807) is 10.9 Å². The van der Waals surface area contributed by atoms with E-state index in [-0.39, 0.29) is 12.4 Å². The normalized spacial score (nSPS) is 13.0. The number of hydrogen-bond donors (Lipinski definition) is 1. The molecule has 0 bridgehead atoms. The monoisotopic (exact) mass is 333 g/mol. The molecule has 2 aromatic heterocycles. The molecule has 0 saturated carbocycles. The van der Waals surface area contributed by atoms with Crippen LogP contribution in [0.15, 0.2) is 47.5 Å². The molecule has 0 amide bonds. The number of benzene rings is 2. The van der Waals surface area contributed by atoms with Crippen LogP contribution in [0.2, 0.25) is 0 Å². The van der Waals surface area contributed by atoms with Gasteiger partial charge in [-0.3, -0.25) is 9.36 Å². The van der Waals surface area contributed by atoms with E-state index in [1.165, 1.54) is 0 Å². The van der Waals surface area contributed by atoms with Crippen LogP contribution in [-0.2, 0) is 6.54 Å². The molecule has 0 saturated heterocycles. The van der Waals surface area contributed by atoms with Crippen LogP contribution in [0, 0.1) is 6.92 Å². The van der Waals surface area contributed by atoms with Crippen LogP contribution < -0.4 is 15.0 Å². The van der Waals surface area contributed by atoms with Crippen LogP contribution in [-0.4, -0.2) is 21.3 Å². The summed E-state index contributed by atoms with van der Waals surface area (Å²) in [4.78, 5) is 20.6. The van der Waals surface area contributed by atoms with E-state index < -0.39 is 0 Å². The molecule has 25 heavy (non-hydrogen) atoms. The molecule has 1 aliphatic rings. The number of nitrogens with zero attached hydrogens (tertiary/aromatic N) is 2. The number of rotatable bonds is 2. The number of ether oxygens (including phenoxy) is 2. The topological polar surface area (TPSA) is 69.1 Å². The zero-order chi connectivity index (χ0) is 17.0. The lowest BCUT2D eigenvalue weighted by Gasteiger charge is -2.06. The van der Waals surface area contributed by atoms with Gasteiger partial charge in [-0.15, -0.1) is 0 Å². The summed E-state index contributed by atoms with van der Waals surface area (Å²) in [5.74, 6) is 1.44. The van der Waals surface area contributed by atoms with Gasteiger partial charge in [0.1, 0.15) is 11.0 Å². The third kappa shape index (κ3) is 2.18. The summed E-state index contributed by atoms with van der Waals surface area (Å²) in [6.45, 7) is 2.69. The first kappa shape index (κ1) is 14.1. The molecule has 0 radical (unpaired) electrons. The van der Waals surface area contributed by atoms with E-state index >= 15 is 0 Å². The molecule has 0 fully saturated rings. The highest BCUT2D eigenvalue weighted by atomic mass is 16.7. The van der Waals surface area contributed by atoms with Crippen molar-refractivity contribution in [2.45, 2.75) is 13.5 Å². The van der Waals surface area contributed by atoms with Gasteiger partial charge in [-0.25, -0.2) is 4.98 Å². The molecule has 6 heteroatoms. The lowest BCUT2D eigenvalue weighted by molar-refractivity contribution is 0.174. The van der Waals surface area contributed by atoms with E-state index in [2.05, 4.69) is 9.97 Å². The SMILES string of the molecule is Cc1ccc2[nH]c3c(=O)n(Cc4ccc5c(c4)OCO5)cnc3c2c1. The lowest BCUT2D eigenvalue weighted by atomic mass is 10.1. The molecular weight excluding hydrogens is 318 g/mol. The average molecular weight is 333 g/mol. The summed E-state index contributed by atoms with van der Waals surface area (Å²) in [7, 11) is 0. The van der Waals surface area contributed by atoms with Gasteiger partial charge in [0.05, 0.1) is 12.9 Å². The Morgan fingerprint density at radius 3 is 2.96 bits per heavy atom. The minimum Gasteiger partial charge on any atom is -0.454 e. The van der Waals surface area contributed by atoms with Crippen molar-refractivity contribution in [1.29, 1.82) is 0 Å². The van der Waals surface area contributed by atoms with Crippen molar-refractivity contribution in [3.05, 3.63) is 64.2 Å². The van der Waals surface area contributed by atoms with E-state index in [0.717, 1.165) is 27.8 Å². The quantitative estimate of drug-likeness (QED) is 0.612. The second-order valence-corrected chi connectivity index (χ2v) is 6.26. The summed E-state index contributed by atoms with van der Waals surface area (Å²) in [5, 5.41) is 0.974. The number of H-pyrrole nitrogens is 1. The maximum absolute atomic E-state index is 12.9. The molecule has 4 aromatic rings. The number of aromatic nitrogens is 3. The van der Waals surface area contributed by atoms with Crippen molar-refractivity contribution in [2.75, 3.05) is 6.79 Å². The van der Waals surface area contributed by atoms with E-state index in [1.807, 2.05) is 43.3 Å². The Morgan fingerprint density at radius 2 is 2.04 bits per heavy atom. The van der Waals surface area contributed by atoms with Gasteiger partial charge >= 0.3 is 0 Å². The first-order chi connectivity index (χ1) is 12.2. The van der Waals surface area contributed by atoms with Gasteiger partial charge < -0.3 is 14.5 Å². The van der Waals surface area contributed by atoms with Gasteiger partial charge in [-0.2, -0.15) is 0 Å². The Hall–Kier alpha value is -3.28. The summed E-state index contributed by atoms with van der Waals surface area (Å²) in [6.07, 6.45) is 1.60. The van der Waals surface area contributed by atoms with Gasteiger partial charge in [-0.1, -0.05) is 17.7 Å². The lowest BCUT2D eigenvalue weighted by Crippen LogP contribution is -2.21. The second-order valence-electron chi connectivity index (χ2n) is 6.26. The molecule has 2 aromatic carbocycles. The highest BCUT2D eigenvalue weighted by molar-refractivity contribution is 6.04. The van der Waals surface area contributed by atoms with Crippen molar-refractivity contribution in [2.24, 2.45) is 0 Å². The predicted molar refractivity (Wildman–Crippen MR) is 94.3 cm³/mol. The number of fused-ring (bicyclic) bond motifs is 4. The maximum atomic E-state index is 12.9. The largest absolute Gasteiger partial charge is 0.454 e. The van der Waals surface area contributed by atoms with Crippen molar-refractivity contribution < 1.29 is 9.47 Å². The second kappa shape index (κ2) is 5.11. The fraction of sp³-hybridized carbons (Fsp3) is 0.158. The van der Waals surface area contributed by atoms with Crippen LogP contribution in [0.5, 0.6) is 11.5 Å². The smallest absolute Gasteiger partial charge is 0.277 e. The summed E-state index contributed by atoms with van der Waals surface area (Å²) >= 11 is 0. The fourth-order valence-electron chi connectivity index (χ4n) is 3.25. The standard InChI is InChI=1S/C19H15N3O3/c1-11-2-4-14-13(6-11)17-18(21-14)19(23)22(9-20-17)8-12-3-5-15-16(7-12)25-10-24-15/h2-7,9,21H,8,10H2,1H3. The summed E-state index contributed by atoms with van der Waals surface area (Å²) < 4.78 is 12.3. The van der Waals surface area contributed by atoms with Crippen molar-refractivity contribution in [3.8, 4) is 11.5 Å². The minimum atomic E-state index is -0.0866. The Balaban J connectivity index is 1.61. The molecule has 1 N–H and O–H groups in total. The van der Waals surface area contributed by atoms with Crippen molar-refractivity contribution in [1.82, 2.24) is 14.5 Å². The maximum Gasteiger partial charge on any atom is 0.277 e. The molecule has 0 atom stereocenters. The van der Waals surface area contributed by atoms with E-state index in [4.69, 9.17) is 9.47 Å². The number of nitrogens with one attached hydrogen (secondary N) is 1. The van der Waals surface area contributed by atoms with Crippen molar-refractivity contribution >= 4 is 21.9 Å². The minimum absolute atomic E-state index is 0.0866. The van der Waals surface area contributed by atoms with Crippen LogP contribution in [0.4, 0.5) is 0 Å². The summed E-state index contributed by atoms with van der Waals surface area (Å²) in [5.41, 5.74) is 4.18. The highest BCUT2D eigenvalue weighted by Gasteiger charge is 2.15. The van der Waals surface area contributed by atoms with Crippen LogP contribution in [0.25, 0.3) is 21.9 Å². The molecular formula is C19H15N3O3. The zero-order valence-electron chi connectivity index (χ0n) is 13.6. The average Bonchev–Trinajstić information content (AvgIpc) is 3.21. The van der Waals surface area contributed by atoms with Crippen LogP contribution in [0.3, 0.4) is 0 Å². The molecule has 0 unspecified atom stereocenters. The molecule has 5 rings (SSSR count). The van der Waals surface area contributed by atoms with Gasteiger partial charge in [0, 0.05) is 10.9 Å². The third-order valence-corrected chi connectivity index (χ3v) is 4.52. The molecule has 6 nitrogen and oxygen atoms in total. The van der Waals surface area contributed by atoms with E-state index in [9.17, 15) is 4.79 Å². The number of hydrogen-bond acceptors (Lipinski definition) is 4. The van der Waals surface area contributed by atoms with Gasteiger partial charge in [-0.05, 0) is 36.8 Å². The Morgan fingerprint density at radius 1 is 1.16 bits per heavy atom. The molecule has 1 aliphatic heterocycles. The first-order valence-electron chi connectivity index (χ1n) is 8.05. The van der Waals surface area contributed by atoms with Gasteiger partial charge in [0.2, 0.25) is 6.79 Å². The zero-order valence-corrected chi connectivity index (χ0v) is 13.6. The molecule has 124 valence electrons. The summed E-state index contributed by atoms with van der Waals surface area (Å²) in [6, 6.07) is 11.7. The van der Waals surface area contributed by atoms with E-state index in [0.29, 0.717) is 23.3 Å². The Labute approximate surface area is 142 Å². The third-order valence-electron chi connectivity index (χ3n) is 4.52. The van der Waals surface area contributed by atoms with Crippen molar-refractivity contribution in [3.63, 3.8) is 0 Å². The van der Waals surface area contributed by atoms with Gasteiger partial charge in [0.15, 0.2) is 11.5 Å². The Kier molecular flexibility index (Phi) is 2.88. The fourth-order valence-corrected chi connectivity index (χ4v) is 3.25. The first-order valence-corrected chi connectivity index (χ1v) is 8.05. The number of aryl methyl sites for hydroxylation is 1. The van der Waals surface area contributed by atoms with Crippen LogP contribution in [0.1, 0.15) is 11.1 Å². The van der Waals surface area contributed by atoms with Gasteiger partial charge in [0.25, 0.3) is 5.56 Å². The molecule has 0 aliphatic carbocycles. The Bertz CT molecular complexity index is 1190. The number of aromatic amines is 1. The molecule has 3 heterocycles. The van der Waals surface area contributed by atoms with Crippen LogP contribution >= 0.6 is 0 Å². The highest BCUT2D eigenvalue weighted by Crippen LogP contribution is 2.32. The predicted octanol–water partition coefficient (Wildman–Crippen LogP) is 2.96. The molecule has 0 spiro atoms.